The lowest BCUT2D eigenvalue weighted by Gasteiger charge is -2.49. The van der Waals surface area contributed by atoms with E-state index in [1.165, 1.54) is 57.8 Å². The number of rotatable bonds is 1. The Morgan fingerprint density at radius 3 is 2.08 bits per heavy atom. The number of hydrogen-bond acceptors (Lipinski definition) is 0. The van der Waals surface area contributed by atoms with Crippen LogP contribution in [0.2, 0.25) is 0 Å². The van der Waals surface area contributed by atoms with Gasteiger partial charge in [0.1, 0.15) is 0 Å². The second kappa shape index (κ2) is 7.32. The van der Waals surface area contributed by atoms with E-state index in [9.17, 15) is 0 Å². The first-order valence-corrected chi connectivity index (χ1v) is 12.5. The van der Waals surface area contributed by atoms with Crippen molar-refractivity contribution >= 4 is 22.6 Å². The van der Waals surface area contributed by atoms with E-state index in [1.54, 1.807) is 12.8 Å². The molecule has 5 rings (SSSR count). The van der Waals surface area contributed by atoms with Gasteiger partial charge in [-0.05, 0) is 105 Å². The highest BCUT2D eigenvalue weighted by atomic mass is 127. The summed E-state index contributed by atoms with van der Waals surface area (Å²) in [6, 6.07) is 0. The molecule has 138 valence electrons. The lowest BCUT2D eigenvalue weighted by molar-refractivity contribution is 0.0496. The fourth-order valence-electron chi connectivity index (χ4n) is 7.58. The van der Waals surface area contributed by atoms with E-state index < -0.39 is 0 Å². The number of alkyl halides is 1. The molecule has 0 aromatic heterocycles. The van der Waals surface area contributed by atoms with Gasteiger partial charge in [-0.2, -0.15) is 0 Å². The second-order valence-electron chi connectivity index (χ2n) is 10.0. The van der Waals surface area contributed by atoms with Gasteiger partial charge in [0.15, 0.2) is 0 Å². The predicted octanol–water partition coefficient (Wildman–Crippen LogP) is 7.19. The Kier molecular flexibility index (Phi) is 5.07. The molecule has 0 nitrogen and oxygen atoms in total. The average Bonchev–Trinajstić information content (AvgIpc) is 2.67. The molecule has 0 amide bonds. The van der Waals surface area contributed by atoms with E-state index >= 15 is 0 Å². The van der Waals surface area contributed by atoms with E-state index in [0.29, 0.717) is 0 Å². The highest BCUT2D eigenvalue weighted by Gasteiger charge is 2.43. The van der Waals surface area contributed by atoms with E-state index in [-0.39, 0.29) is 0 Å². The van der Waals surface area contributed by atoms with Gasteiger partial charge in [-0.15, -0.1) is 0 Å². The first-order chi connectivity index (χ1) is 12.3. The molecule has 7 unspecified atom stereocenters. The van der Waals surface area contributed by atoms with E-state index in [0.717, 1.165) is 51.3 Å². The first kappa shape index (κ1) is 17.3. The van der Waals surface area contributed by atoms with Crippen LogP contribution in [-0.2, 0) is 0 Å². The summed E-state index contributed by atoms with van der Waals surface area (Å²) in [5.74, 6) is 8.02. The molecule has 0 N–H and O–H groups in total. The summed E-state index contributed by atoms with van der Waals surface area (Å²) in [7, 11) is 0. The number of allylic oxidation sites excluding steroid dienone is 4. The zero-order valence-electron chi connectivity index (χ0n) is 15.7. The van der Waals surface area contributed by atoms with Gasteiger partial charge >= 0.3 is 0 Å². The van der Waals surface area contributed by atoms with Crippen molar-refractivity contribution in [1.29, 1.82) is 0 Å². The van der Waals surface area contributed by atoms with Crippen LogP contribution in [0.5, 0.6) is 0 Å². The van der Waals surface area contributed by atoms with Gasteiger partial charge in [-0.1, -0.05) is 59.7 Å². The Hall–Kier alpha value is 0.210. The molecule has 0 aromatic rings. The lowest BCUT2D eigenvalue weighted by atomic mass is 9.56. The molecule has 5 aliphatic carbocycles. The Balaban J connectivity index is 1.24. The Morgan fingerprint density at radius 1 is 0.520 bits per heavy atom. The van der Waals surface area contributed by atoms with E-state index in [1.807, 2.05) is 0 Å². The normalized spacial score (nSPS) is 52.1. The third kappa shape index (κ3) is 3.41. The maximum absolute atomic E-state index is 2.69. The smallest absolute Gasteiger partial charge is 0.0292 e. The molecular formula is C24H35I. The fraction of sp³-hybridized carbons (Fsp3) is 0.833. The molecule has 9 atom stereocenters. The maximum Gasteiger partial charge on any atom is 0.0292 e. The summed E-state index contributed by atoms with van der Waals surface area (Å²) in [5.41, 5.74) is 0. The molecule has 1 heteroatoms. The molecule has 0 aliphatic heterocycles. The fourth-order valence-corrected chi connectivity index (χ4v) is 8.47. The Labute approximate surface area is 168 Å². The average molecular weight is 450 g/mol. The van der Waals surface area contributed by atoms with Crippen LogP contribution in [0, 0.1) is 47.3 Å². The van der Waals surface area contributed by atoms with Gasteiger partial charge in [-0.25, -0.2) is 0 Å². The number of fused-ring (bicyclic) bond motifs is 4. The monoisotopic (exact) mass is 450 g/mol. The molecule has 0 spiro atoms. The summed E-state index contributed by atoms with van der Waals surface area (Å²) >= 11 is 2.64. The molecule has 0 aromatic carbocycles. The van der Waals surface area contributed by atoms with Crippen LogP contribution in [0.15, 0.2) is 24.3 Å². The van der Waals surface area contributed by atoms with Gasteiger partial charge in [0.05, 0.1) is 0 Å². The Morgan fingerprint density at radius 2 is 1.16 bits per heavy atom. The van der Waals surface area contributed by atoms with Crippen LogP contribution in [0.1, 0.15) is 70.6 Å². The number of hydrogen-bond donors (Lipinski definition) is 0. The van der Waals surface area contributed by atoms with Crippen molar-refractivity contribution in [3.05, 3.63) is 24.3 Å². The highest BCUT2D eigenvalue weighted by molar-refractivity contribution is 14.1. The maximum atomic E-state index is 2.69. The molecule has 3 fully saturated rings. The van der Waals surface area contributed by atoms with Crippen LogP contribution >= 0.6 is 22.6 Å². The summed E-state index contributed by atoms with van der Waals surface area (Å²) < 4.78 is 0.807. The summed E-state index contributed by atoms with van der Waals surface area (Å²) in [6.45, 7) is 0. The third-order valence-electron chi connectivity index (χ3n) is 8.88. The molecule has 0 radical (unpaired) electrons. The standard InChI is InChI=1S/C24H35I/c25-22-11-9-18-13-17(6-7-20(18)15-22)19-10-12-24-21(14-19)8-5-16-3-1-2-4-23(16)24/h5,8-9,11,16-24H,1-4,6-7,10,12-15H2/t16?,17?,18-,19?,20?,21?,22-,23?,24?/m0/s1. The van der Waals surface area contributed by atoms with Crippen LogP contribution in [0.4, 0.5) is 0 Å². The second-order valence-corrected chi connectivity index (χ2v) is 11.6. The zero-order valence-corrected chi connectivity index (χ0v) is 17.8. The van der Waals surface area contributed by atoms with Gasteiger partial charge in [0, 0.05) is 3.92 Å². The van der Waals surface area contributed by atoms with Crippen LogP contribution in [0.25, 0.3) is 0 Å². The van der Waals surface area contributed by atoms with Gasteiger partial charge in [0.2, 0.25) is 0 Å². The van der Waals surface area contributed by atoms with Crippen molar-refractivity contribution in [3.63, 3.8) is 0 Å². The lowest BCUT2D eigenvalue weighted by Crippen LogP contribution is -2.40. The first-order valence-electron chi connectivity index (χ1n) is 11.3. The predicted molar refractivity (Wildman–Crippen MR) is 115 cm³/mol. The summed E-state index contributed by atoms with van der Waals surface area (Å²) in [4.78, 5) is 0. The minimum Gasteiger partial charge on any atom is -0.0848 e. The van der Waals surface area contributed by atoms with E-state index in [2.05, 4.69) is 46.9 Å². The topological polar surface area (TPSA) is 0 Å². The van der Waals surface area contributed by atoms with Crippen LogP contribution < -0.4 is 0 Å². The SMILES string of the molecule is I[C@H]1C=C[C@H]2CC(C3CCC4C(C=CC5CCCCC54)C3)CCC2C1. The van der Waals surface area contributed by atoms with Gasteiger partial charge < -0.3 is 0 Å². The summed E-state index contributed by atoms with van der Waals surface area (Å²) in [5, 5.41) is 0. The van der Waals surface area contributed by atoms with Crippen LogP contribution in [0.3, 0.4) is 0 Å². The van der Waals surface area contributed by atoms with Crippen molar-refractivity contribution in [2.24, 2.45) is 47.3 Å². The minimum atomic E-state index is 0.807. The van der Waals surface area contributed by atoms with Crippen molar-refractivity contribution in [2.45, 2.75) is 74.6 Å². The van der Waals surface area contributed by atoms with Crippen LogP contribution in [-0.4, -0.2) is 3.92 Å². The van der Waals surface area contributed by atoms with E-state index in [4.69, 9.17) is 0 Å². The summed E-state index contributed by atoms with van der Waals surface area (Å²) in [6.07, 6.45) is 27.2. The zero-order chi connectivity index (χ0) is 16.8. The van der Waals surface area contributed by atoms with Crippen molar-refractivity contribution in [3.8, 4) is 0 Å². The molecule has 0 saturated heterocycles. The highest BCUT2D eigenvalue weighted by Crippen LogP contribution is 2.53. The third-order valence-corrected chi connectivity index (χ3v) is 9.80. The molecular weight excluding hydrogens is 415 g/mol. The van der Waals surface area contributed by atoms with Gasteiger partial charge in [0.25, 0.3) is 0 Å². The van der Waals surface area contributed by atoms with Crippen molar-refractivity contribution in [2.75, 3.05) is 0 Å². The quantitative estimate of drug-likeness (QED) is 0.225. The molecule has 5 aliphatic rings. The number of halogens is 1. The largest absolute Gasteiger partial charge is 0.0848 e. The molecule has 0 heterocycles. The minimum absolute atomic E-state index is 0.807. The van der Waals surface area contributed by atoms with Crippen molar-refractivity contribution in [1.82, 2.24) is 0 Å². The molecule has 0 bridgehead atoms. The molecule has 25 heavy (non-hydrogen) atoms. The van der Waals surface area contributed by atoms with Crippen molar-refractivity contribution < 1.29 is 0 Å². The molecule has 3 saturated carbocycles. The van der Waals surface area contributed by atoms with Gasteiger partial charge in [-0.3, -0.25) is 0 Å². The Bertz CT molecular complexity index is 534.